The molecule has 0 spiro atoms. The van der Waals surface area contributed by atoms with Crippen LogP contribution in [0.25, 0.3) is 5.76 Å². The number of aliphatic hydroxyl groups excluding tert-OH is 1. The third-order valence-electron chi connectivity index (χ3n) is 7.03. The van der Waals surface area contributed by atoms with Gasteiger partial charge in [0.2, 0.25) is 0 Å². The lowest BCUT2D eigenvalue weighted by Crippen LogP contribution is -2.29. The molecule has 240 valence electrons. The van der Waals surface area contributed by atoms with Crippen LogP contribution in [-0.2, 0) is 14.3 Å². The van der Waals surface area contributed by atoms with Crippen molar-refractivity contribution in [1.82, 2.24) is 4.98 Å². The zero-order valence-electron chi connectivity index (χ0n) is 26.5. The Bertz CT molecular complexity index is 1560. The van der Waals surface area contributed by atoms with Crippen molar-refractivity contribution in [3.05, 3.63) is 69.7 Å². The zero-order valence-corrected chi connectivity index (χ0v) is 27.4. The molecule has 0 saturated carbocycles. The molecule has 1 unspecified atom stereocenters. The van der Waals surface area contributed by atoms with Gasteiger partial charge >= 0.3 is 11.9 Å². The molecule has 2 heterocycles. The number of aliphatic hydroxyl groups is 1. The van der Waals surface area contributed by atoms with Gasteiger partial charge in [0.15, 0.2) is 16.6 Å². The molecule has 1 amide bonds. The second-order valence-corrected chi connectivity index (χ2v) is 11.8. The van der Waals surface area contributed by atoms with Crippen molar-refractivity contribution in [1.29, 1.82) is 0 Å². The fourth-order valence-corrected chi connectivity index (χ4v) is 5.78. The Balaban J connectivity index is 1.86. The number of thiazole rings is 1. The minimum atomic E-state index is -1.08. The molecule has 0 bridgehead atoms. The summed E-state index contributed by atoms with van der Waals surface area (Å²) in [5.41, 5.74) is 1.07. The van der Waals surface area contributed by atoms with E-state index in [1.807, 2.05) is 13.8 Å². The number of amides is 1. The topological polar surface area (TPSA) is 124 Å². The van der Waals surface area contributed by atoms with E-state index in [0.29, 0.717) is 59.8 Å². The second-order valence-electron chi connectivity index (χ2n) is 10.8. The van der Waals surface area contributed by atoms with Gasteiger partial charge in [0, 0.05) is 5.56 Å². The number of hydrogen-bond donors (Lipinski definition) is 1. The Hall–Kier alpha value is -4.38. The van der Waals surface area contributed by atoms with Gasteiger partial charge in [-0.25, -0.2) is 9.78 Å². The van der Waals surface area contributed by atoms with Crippen molar-refractivity contribution in [3.63, 3.8) is 0 Å². The Labute approximate surface area is 267 Å². The molecule has 2 aromatic carbocycles. The first-order valence-corrected chi connectivity index (χ1v) is 16.0. The summed E-state index contributed by atoms with van der Waals surface area (Å²) in [4.78, 5) is 46.0. The van der Waals surface area contributed by atoms with E-state index in [1.165, 1.54) is 4.90 Å². The van der Waals surface area contributed by atoms with E-state index in [-0.39, 0.29) is 27.9 Å². The number of benzene rings is 2. The van der Waals surface area contributed by atoms with E-state index < -0.39 is 23.7 Å². The fourth-order valence-electron chi connectivity index (χ4n) is 4.79. The van der Waals surface area contributed by atoms with E-state index in [0.717, 1.165) is 24.2 Å². The first kappa shape index (κ1) is 33.5. The molecular formula is C34H40N2O8S. The molecule has 4 rings (SSSR count). The predicted molar refractivity (Wildman–Crippen MR) is 172 cm³/mol. The number of carbonyl (C=O) groups is 3. The van der Waals surface area contributed by atoms with E-state index in [9.17, 15) is 19.5 Å². The summed E-state index contributed by atoms with van der Waals surface area (Å²) in [6.07, 6.45) is 1.69. The lowest BCUT2D eigenvalue weighted by Gasteiger charge is -2.24. The van der Waals surface area contributed by atoms with Gasteiger partial charge in [-0.3, -0.25) is 14.5 Å². The van der Waals surface area contributed by atoms with Gasteiger partial charge in [-0.05, 0) is 81.5 Å². The molecule has 11 heteroatoms. The zero-order chi connectivity index (χ0) is 32.7. The molecule has 1 aliphatic heterocycles. The molecule has 0 radical (unpaired) electrons. The van der Waals surface area contributed by atoms with Crippen LogP contribution in [0.3, 0.4) is 0 Å². The third kappa shape index (κ3) is 7.47. The summed E-state index contributed by atoms with van der Waals surface area (Å²) in [5.74, 6) is -0.665. The van der Waals surface area contributed by atoms with Gasteiger partial charge in [-0.15, -0.1) is 0 Å². The average Bonchev–Trinajstić information content (AvgIpc) is 3.52. The number of Topliss-reactive ketones (excluding diaryl/α,β-unsaturated/α-hetero) is 1. The maximum atomic E-state index is 13.7. The lowest BCUT2D eigenvalue weighted by molar-refractivity contribution is -0.132. The maximum absolute atomic E-state index is 13.7. The molecular weight excluding hydrogens is 596 g/mol. The van der Waals surface area contributed by atoms with Crippen molar-refractivity contribution in [2.45, 2.75) is 60.4 Å². The molecule has 10 nitrogen and oxygen atoms in total. The highest BCUT2D eigenvalue weighted by molar-refractivity contribution is 7.17. The van der Waals surface area contributed by atoms with Crippen LogP contribution in [0.2, 0.25) is 0 Å². The van der Waals surface area contributed by atoms with Crippen LogP contribution in [0.1, 0.15) is 80.0 Å². The number of carbonyl (C=O) groups excluding carboxylic acids is 3. The average molecular weight is 637 g/mol. The monoisotopic (exact) mass is 636 g/mol. The number of ketones is 1. The number of rotatable bonds is 14. The SMILES string of the molecule is CCCOc1ccc(C(O)=C2C(=O)C(=O)N(c3nc(C)c(C(=O)OCC)s3)C2c2ccc(OCCC(C)C)c(OCC)c2)cc1. The smallest absolute Gasteiger partial charge is 0.350 e. The molecule has 1 aliphatic rings. The largest absolute Gasteiger partial charge is 0.507 e. The molecule has 0 aliphatic carbocycles. The van der Waals surface area contributed by atoms with E-state index in [4.69, 9.17) is 18.9 Å². The standard InChI is InChI=1S/C34H40N2O8S/c1-7-17-43-24-13-10-22(11-14-24)29(37)27-28(23-12-15-25(26(19-23)41-8-2)44-18-16-20(4)5)36(32(39)30(27)38)34-35-21(6)31(45-34)33(40)42-9-3/h10-15,19-20,28,37H,7-9,16-18H2,1-6H3. The van der Waals surface area contributed by atoms with Crippen molar-refractivity contribution in [2.75, 3.05) is 31.3 Å². The number of anilines is 1. The molecule has 1 aromatic heterocycles. The minimum absolute atomic E-state index is 0.122. The summed E-state index contributed by atoms with van der Waals surface area (Å²) in [5, 5.41) is 11.7. The number of aryl methyl sites for hydroxylation is 1. The summed E-state index contributed by atoms with van der Waals surface area (Å²) < 4.78 is 22.8. The molecule has 1 fully saturated rings. The minimum Gasteiger partial charge on any atom is -0.507 e. The molecule has 1 atom stereocenters. The molecule has 1 saturated heterocycles. The summed E-state index contributed by atoms with van der Waals surface area (Å²) in [6.45, 7) is 12.9. The van der Waals surface area contributed by atoms with Crippen LogP contribution in [0, 0.1) is 12.8 Å². The maximum Gasteiger partial charge on any atom is 0.350 e. The van der Waals surface area contributed by atoms with Gasteiger partial charge in [-0.1, -0.05) is 38.2 Å². The molecule has 1 N–H and O–H groups in total. The van der Waals surface area contributed by atoms with Crippen LogP contribution in [0.5, 0.6) is 17.2 Å². The van der Waals surface area contributed by atoms with Crippen molar-refractivity contribution in [3.8, 4) is 17.2 Å². The number of ether oxygens (including phenoxy) is 4. The number of esters is 1. The van der Waals surface area contributed by atoms with Gasteiger partial charge in [0.25, 0.3) is 5.78 Å². The van der Waals surface area contributed by atoms with Crippen LogP contribution in [-0.4, -0.2) is 54.2 Å². The first-order chi connectivity index (χ1) is 21.6. The van der Waals surface area contributed by atoms with Gasteiger partial charge in [0.1, 0.15) is 16.4 Å². The quantitative estimate of drug-likeness (QED) is 0.0874. The normalized spacial score (nSPS) is 15.9. The Morgan fingerprint density at radius 3 is 2.36 bits per heavy atom. The van der Waals surface area contributed by atoms with Crippen LogP contribution in [0.15, 0.2) is 48.0 Å². The first-order valence-electron chi connectivity index (χ1n) is 15.2. The number of aromatic nitrogens is 1. The van der Waals surface area contributed by atoms with Gasteiger partial charge in [-0.2, -0.15) is 0 Å². The Morgan fingerprint density at radius 1 is 0.978 bits per heavy atom. The van der Waals surface area contributed by atoms with Gasteiger partial charge < -0.3 is 24.1 Å². The van der Waals surface area contributed by atoms with Crippen LogP contribution in [0.4, 0.5) is 5.13 Å². The van der Waals surface area contributed by atoms with Crippen molar-refractivity contribution < 1.29 is 38.4 Å². The molecule has 45 heavy (non-hydrogen) atoms. The second kappa shape index (κ2) is 15.1. The van der Waals surface area contributed by atoms with Gasteiger partial charge in [0.05, 0.1) is 43.7 Å². The number of hydrogen-bond acceptors (Lipinski definition) is 10. The highest BCUT2D eigenvalue weighted by Gasteiger charge is 2.48. The van der Waals surface area contributed by atoms with Crippen molar-refractivity contribution in [2.24, 2.45) is 5.92 Å². The number of nitrogens with zero attached hydrogens (tertiary/aromatic N) is 2. The summed E-state index contributed by atoms with van der Waals surface area (Å²) in [7, 11) is 0. The Morgan fingerprint density at radius 2 is 1.71 bits per heavy atom. The summed E-state index contributed by atoms with van der Waals surface area (Å²) in [6, 6.07) is 10.8. The van der Waals surface area contributed by atoms with Crippen LogP contribution >= 0.6 is 11.3 Å². The van der Waals surface area contributed by atoms with E-state index in [2.05, 4.69) is 18.8 Å². The van der Waals surface area contributed by atoms with E-state index in [1.54, 1.807) is 56.3 Å². The highest BCUT2D eigenvalue weighted by atomic mass is 32.1. The van der Waals surface area contributed by atoms with Crippen molar-refractivity contribution >= 4 is 39.9 Å². The summed E-state index contributed by atoms with van der Waals surface area (Å²) >= 11 is 0.950. The predicted octanol–water partition coefficient (Wildman–Crippen LogP) is 6.87. The lowest BCUT2D eigenvalue weighted by atomic mass is 9.95. The third-order valence-corrected chi connectivity index (χ3v) is 8.17. The van der Waals surface area contributed by atoms with E-state index >= 15 is 0 Å². The fraction of sp³-hybridized carbons (Fsp3) is 0.412. The highest BCUT2D eigenvalue weighted by Crippen LogP contribution is 2.45. The Kier molecular flexibility index (Phi) is 11.2. The van der Waals surface area contributed by atoms with Crippen LogP contribution < -0.4 is 19.1 Å². The molecule has 3 aromatic rings.